The van der Waals surface area contributed by atoms with Gasteiger partial charge in [0.05, 0.1) is 12.5 Å². The fraction of sp³-hybridized carbons (Fsp3) is 0.741. The molecule has 0 aliphatic heterocycles. The first kappa shape index (κ1) is 36.8. The smallest absolute Gasteiger partial charge is 0.460 e. The first-order valence-electron chi connectivity index (χ1n) is 13.6. The quantitative estimate of drug-likeness (QED) is 0.0821. The molecule has 0 amide bonds. The lowest BCUT2D eigenvalue weighted by atomic mass is 9.75. The number of carbonyl (C=O) groups excluding carboxylic acids is 1. The highest BCUT2D eigenvalue weighted by Gasteiger charge is 2.91. The van der Waals surface area contributed by atoms with Crippen LogP contribution in [-0.4, -0.2) is 48.4 Å². The van der Waals surface area contributed by atoms with E-state index in [-0.39, 0.29) is 5.75 Å². The van der Waals surface area contributed by atoms with E-state index in [4.69, 9.17) is 9.47 Å². The minimum Gasteiger partial charge on any atom is -0.494 e. The standard InChI is InChI=1S/C27H31F13O3/c1-2-3-4-5-6-7-16-42-19-12-14-20(15-13-19)43-21(41)17-8-10-18(11-9-17)22(28,29)23(30,31)24(32,33)25(34,35)26(36,37)27(38,39)40/h12-15,17-18H,2-11,16H2,1H3/t17-,18-. The fourth-order valence-corrected chi connectivity index (χ4v) is 4.61. The van der Waals surface area contributed by atoms with Crippen molar-refractivity contribution in [3.63, 3.8) is 0 Å². The van der Waals surface area contributed by atoms with Crippen molar-refractivity contribution in [2.75, 3.05) is 6.61 Å². The highest BCUT2D eigenvalue weighted by molar-refractivity contribution is 5.75. The van der Waals surface area contributed by atoms with Crippen LogP contribution < -0.4 is 9.47 Å². The molecule has 2 rings (SSSR count). The van der Waals surface area contributed by atoms with E-state index >= 15 is 0 Å². The summed E-state index contributed by atoms with van der Waals surface area (Å²) < 4.78 is 185. The van der Waals surface area contributed by atoms with Gasteiger partial charge in [0.1, 0.15) is 11.5 Å². The molecule has 1 saturated carbocycles. The molecular formula is C27H31F13O3. The summed E-state index contributed by atoms with van der Waals surface area (Å²) in [4.78, 5) is 12.4. The Kier molecular flexibility index (Phi) is 11.7. The van der Waals surface area contributed by atoms with Gasteiger partial charge >= 0.3 is 41.8 Å². The van der Waals surface area contributed by atoms with Crippen molar-refractivity contribution in [2.24, 2.45) is 11.8 Å². The molecule has 0 bridgehead atoms. The fourth-order valence-electron chi connectivity index (χ4n) is 4.61. The van der Waals surface area contributed by atoms with E-state index in [2.05, 4.69) is 6.92 Å². The average molecular weight is 651 g/mol. The summed E-state index contributed by atoms with van der Waals surface area (Å²) in [7, 11) is 0. The topological polar surface area (TPSA) is 35.5 Å². The highest BCUT2D eigenvalue weighted by Crippen LogP contribution is 2.62. The second-order valence-electron chi connectivity index (χ2n) is 10.5. The van der Waals surface area contributed by atoms with E-state index in [1.807, 2.05) is 0 Å². The van der Waals surface area contributed by atoms with Gasteiger partial charge in [-0.05, 0) is 56.4 Å². The second kappa shape index (κ2) is 13.7. The largest absolute Gasteiger partial charge is 0.494 e. The third-order valence-electron chi connectivity index (χ3n) is 7.34. The zero-order valence-corrected chi connectivity index (χ0v) is 22.9. The maximum absolute atomic E-state index is 14.5. The number of ether oxygens (including phenoxy) is 2. The van der Waals surface area contributed by atoms with Crippen LogP contribution in [-0.2, 0) is 4.79 Å². The molecule has 0 heterocycles. The van der Waals surface area contributed by atoms with Gasteiger partial charge in [-0.3, -0.25) is 4.79 Å². The number of hydrogen-bond acceptors (Lipinski definition) is 3. The number of benzene rings is 1. The van der Waals surface area contributed by atoms with Gasteiger partial charge in [0.15, 0.2) is 0 Å². The molecule has 1 fully saturated rings. The van der Waals surface area contributed by atoms with E-state index in [1.54, 1.807) is 0 Å². The van der Waals surface area contributed by atoms with E-state index in [0.717, 1.165) is 38.5 Å². The van der Waals surface area contributed by atoms with Gasteiger partial charge in [-0.1, -0.05) is 39.0 Å². The van der Waals surface area contributed by atoms with E-state index < -0.39 is 79.3 Å². The minimum absolute atomic E-state index is 0.00312. The predicted octanol–water partition coefficient (Wildman–Crippen LogP) is 9.88. The summed E-state index contributed by atoms with van der Waals surface area (Å²) in [6, 6.07) is 5.68. The Labute approximate surface area is 239 Å². The number of esters is 1. The molecule has 16 heteroatoms. The van der Waals surface area contributed by atoms with Crippen LogP contribution in [0.25, 0.3) is 0 Å². The summed E-state index contributed by atoms with van der Waals surface area (Å²) in [5.74, 6) is -41.6. The van der Waals surface area contributed by atoms with Crippen molar-refractivity contribution in [1.82, 2.24) is 0 Å². The Morgan fingerprint density at radius 1 is 0.651 bits per heavy atom. The van der Waals surface area contributed by atoms with Gasteiger partial charge < -0.3 is 9.47 Å². The third kappa shape index (κ3) is 7.63. The molecule has 0 spiro atoms. The van der Waals surface area contributed by atoms with Gasteiger partial charge in [-0.2, -0.15) is 57.1 Å². The molecule has 3 nitrogen and oxygen atoms in total. The maximum Gasteiger partial charge on any atom is 0.460 e. The van der Waals surface area contributed by atoms with Crippen molar-refractivity contribution in [3.8, 4) is 11.5 Å². The average Bonchev–Trinajstić information content (AvgIpc) is 2.92. The number of halogens is 13. The van der Waals surface area contributed by atoms with Crippen molar-refractivity contribution >= 4 is 5.97 Å². The first-order chi connectivity index (χ1) is 19.6. The predicted molar refractivity (Wildman–Crippen MR) is 127 cm³/mol. The molecule has 248 valence electrons. The van der Waals surface area contributed by atoms with E-state index in [1.165, 1.54) is 24.3 Å². The lowest BCUT2D eigenvalue weighted by Gasteiger charge is -2.43. The third-order valence-corrected chi connectivity index (χ3v) is 7.34. The lowest BCUT2D eigenvalue weighted by molar-refractivity contribution is -0.443. The van der Waals surface area contributed by atoms with Crippen molar-refractivity contribution in [3.05, 3.63) is 24.3 Å². The van der Waals surface area contributed by atoms with E-state index in [0.29, 0.717) is 12.4 Å². The minimum atomic E-state index is -7.93. The first-order valence-corrected chi connectivity index (χ1v) is 13.6. The second-order valence-corrected chi connectivity index (χ2v) is 10.5. The normalized spacial score (nSPS) is 19.3. The Morgan fingerprint density at radius 2 is 1.12 bits per heavy atom. The van der Waals surface area contributed by atoms with Crippen molar-refractivity contribution in [1.29, 1.82) is 0 Å². The molecule has 0 N–H and O–H groups in total. The van der Waals surface area contributed by atoms with Crippen LogP contribution in [0.1, 0.15) is 71.1 Å². The van der Waals surface area contributed by atoms with Crippen LogP contribution in [0.15, 0.2) is 24.3 Å². The van der Waals surface area contributed by atoms with Crippen LogP contribution >= 0.6 is 0 Å². The van der Waals surface area contributed by atoms with E-state index in [9.17, 15) is 61.9 Å². The number of carbonyl (C=O) groups is 1. The Morgan fingerprint density at radius 3 is 1.63 bits per heavy atom. The number of rotatable bonds is 15. The highest BCUT2D eigenvalue weighted by atomic mass is 19.4. The SMILES string of the molecule is CCCCCCCCOc1ccc(OC(=O)[C@H]2CC[C@H](C(F)(F)C(F)(F)C(F)(F)C(F)(F)C(F)(F)C(F)(F)F)CC2)cc1. The zero-order valence-electron chi connectivity index (χ0n) is 22.9. The van der Waals surface area contributed by atoms with Gasteiger partial charge in [0, 0.05) is 5.92 Å². The monoisotopic (exact) mass is 650 g/mol. The van der Waals surface area contributed by atoms with Crippen LogP contribution in [0.3, 0.4) is 0 Å². The van der Waals surface area contributed by atoms with Crippen LogP contribution in [0.5, 0.6) is 11.5 Å². The Bertz CT molecular complexity index is 1030. The molecule has 1 aromatic carbocycles. The summed E-state index contributed by atoms with van der Waals surface area (Å²) in [6.45, 7) is 2.55. The molecule has 1 aliphatic rings. The summed E-state index contributed by atoms with van der Waals surface area (Å²) >= 11 is 0. The maximum atomic E-state index is 14.5. The molecule has 0 unspecified atom stereocenters. The van der Waals surface area contributed by atoms with Crippen LogP contribution in [0, 0.1) is 11.8 Å². The molecule has 0 saturated heterocycles. The lowest BCUT2D eigenvalue weighted by Crippen LogP contribution is -2.71. The molecule has 43 heavy (non-hydrogen) atoms. The van der Waals surface area contributed by atoms with Crippen molar-refractivity contribution in [2.45, 2.75) is 107 Å². The number of hydrogen-bond donors (Lipinski definition) is 0. The number of alkyl halides is 13. The summed E-state index contributed by atoms with van der Waals surface area (Å²) in [5, 5.41) is 0. The molecule has 0 aromatic heterocycles. The van der Waals surface area contributed by atoms with Crippen LogP contribution in [0.4, 0.5) is 57.1 Å². The van der Waals surface area contributed by atoms with Crippen LogP contribution in [0.2, 0.25) is 0 Å². The number of unbranched alkanes of at least 4 members (excludes halogenated alkanes) is 5. The Balaban J connectivity index is 1.97. The molecular weight excluding hydrogens is 619 g/mol. The Hall–Kier alpha value is -2.42. The van der Waals surface area contributed by atoms with Gasteiger partial charge in [0.25, 0.3) is 0 Å². The zero-order chi connectivity index (χ0) is 32.9. The molecule has 0 atom stereocenters. The van der Waals surface area contributed by atoms with Gasteiger partial charge in [0.2, 0.25) is 0 Å². The molecule has 1 aromatic rings. The summed E-state index contributed by atoms with van der Waals surface area (Å²) in [5.41, 5.74) is 0. The van der Waals surface area contributed by atoms with Gasteiger partial charge in [-0.15, -0.1) is 0 Å². The summed E-state index contributed by atoms with van der Waals surface area (Å²) in [6.07, 6.45) is -4.78. The molecule has 0 radical (unpaired) electrons. The van der Waals surface area contributed by atoms with Crippen molar-refractivity contribution < 1.29 is 71.3 Å². The molecule has 1 aliphatic carbocycles. The van der Waals surface area contributed by atoms with Gasteiger partial charge in [-0.25, -0.2) is 0 Å².